The molecule has 0 saturated carbocycles. The van der Waals surface area contributed by atoms with Crippen LogP contribution in [0.3, 0.4) is 0 Å². The first-order valence-corrected chi connectivity index (χ1v) is 5.64. The molecule has 0 aliphatic carbocycles. The molecule has 1 aromatic heterocycles. The number of thiocarbonyl (C=S) groups is 1. The highest BCUT2D eigenvalue weighted by Gasteiger charge is 2.07. The fourth-order valence-electron chi connectivity index (χ4n) is 1.33. The largest absolute Gasteiger partial charge is 0.389 e. The lowest BCUT2D eigenvalue weighted by Crippen LogP contribution is -2.24. The van der Waals surface area contributed by atoms with Gasteiger partial charge in [0.1, 0.15) is 4.99 Å². The third-order valence-corrected chi connectivity index (χ3v) is 2.28. The van der Waals surface area contributed by atoms with E-state index in [0.717, 1.165) is 11.3 Å². The predicted molar refractivity (Wildman–Crippen MR) is 69.7 cm³/mol. The Balaban J connectivity index is 2.69. The highest BCUT2D eigenvalue weighted by Crippen LogP contribution is 2.14. The van der Waals surface area contributed by atoms with Crippen LogP contribution in [-0.2, 0) is 4.74 Å². The minimum atomic E-state index is 0.192. The Bertz CT molecular complexity index is 357. The van der Waals surface area contributed by atoms with Gasteiger partial charge in [-0.2, -0.15) is 0 Å². The summed E-state index contributed by atoms with van der Waals surface area (Å²) in [6.45, 7) is 5.35. The van der Waals surface area contributed by atoms with Gasteiger partial charge in [-0.05, 0) is 19.9 Å². The molecule has 0 fully saturated rings. The number of anilines is 1. The summed E-state index contributed by atoms with van der Waals surface area (Å²) in [6, 6.07) is 2.00. The lowest BCUT2D eigenvalue weighted by atomic mass is 10.2. The molecule has 0 aliphatic heterocycles. The maximum absolute atomic E-state index is 5.62. The smallest absolute Gasteiger partial charge is 0.106 e. The molecule has 0 aliphatic rings. The van der Waals surface area contributed by atoms with Gasteiger partial charge >= 0.3 is 0 Å². The summed E-state index contributed by atoms with van der Waals surface area (Å²) in [5, 5.41) is 3.27. The molecule has 5 heteroatoms. The fourth-order valence-corrected chi connectivity index (χ4v) is 1.50. The molecule has 0 saturated heterocycles. The van der Waals surface area contributed by atoms with E-state index in [0.29, 0.717) is 18.2 Å². The number of nitrogens with two attached hydrogens (primary N) is 1. The molecule has 0 amide bonds. The lowest BCUT2D eigenvalue weighted by Gasteiger charge is -2.16. The maximum Gasteiger partial charge on any atom is 0.106 e. The van der Waals surface area contributed by atoms with Crippen LogP contribution in [-0.4, -0.2) is 29.2 Å². The van der Waals surface area contributed by atoms with Gasteiger partial charge in [-0.25, -0.2) is 0 Å². The summed E-state index contributed by atoms with van der Waals surface area (Å²) in [6.07, 6.45) is 3.39. The van der Waals surface area contributed by atoms with Crippen molar-refractivity contribution in [1.82, 2.24) is 4.98 Å². The van der Waals surface area contributed by atoms with Crippen molar-refractivity contribution >= 4 is 22.9 Å². The van der Waals surface area contributed by atoms with Crippen LogP contribution in [0.5, 0.6) is 0 Å². The lowest BCUT2D eigenvalue weighted by molar-refractivity contribution is 0.141. The van der Waals surface area contributed by atoms with Crippen molar-refractivity contribution < 1.29 is 4.74 Å². The van der Waals surface area contributed by atoms with E-state index >= 15 is 0 Å². The third kappa shape index (κ3) is 3.75. The van der Waals surface area contributed by atoms with E-state index in [-0.39, 0.29) is 6.04 Å². The summed E-state index contributed by atoms with van der Waals surface area (Å²) in [4.78, 5) is 4.41. The van der Waals surface area contributed by atoms with Crippen molar-refractivity contribution in [2.24, 2.45) is 5.73 Å². The topological polar surface area (TPSA) is 60.2 Å². The van der Waals surface area contributed by atoms with Gasteiger partial charge in [0.05, 0.1) is 18.5 Å². The molecule has 4 nitrogen and oxygen atoms in total. The predicted octanol–water partition coefficient (Wildman–Crippen LogP) is 1.55. The van der Waals surface area contributed by atoms with E-state index in [2.05, 4.69) is 10.3 Å². The summed E-state index contributed by atoms with van der Waals surface area (Å²) < 4.78 is 5.32. The summed E-state index contributed by atoms with van der Waals surface area (Å²) in [5.41, 5.74) is 7.29. The number of nitrogens with zero attached hydrogens (tertiary/aromatic N) is 1. The molecule has 1 rings (SSSR count). The van der Waals surface area contributed by atoms with E-state index in [1.807, 2.05) is 13.8 Å². The number of ether oxygens (including phenoxy) is 1. The van der Waals surface area contributed by atoms with Gasteiger partial charge in [0.2, 0.25) is 0 Å². The standard InChI is InChI=1S/C11H17N3OS/c1-3-15-7-8(2)14-10-6-13-5-4-9(10)11(12)16/h4-6,8,14H,3,7H2,1-2H3,(H2,12,16). The Morgan fingerprint density at radius 3 is 3.06 bits per heavy atom. The van der Waals surface area contributed by atoms with Crippen LogP contribution in [0.25, 0.3) is 0 Å². The van der Waals surface area contributed by atoms with Crippen molar-refractivity contribution in [2.45, 2.75) is 19.9 Å². The van der Waals surface area contributed by atoms with E-state index < -0.39 is 0 Å². The highest BCUT2D eigenvalue weighted by atomic mass is 32.1. The number of nitrogens with one attached hydrogen (secondary N) is 1. The van der Waals surface area contributed by atoms with E-state index in [4.69, 9.17) is 22.7 Å². The van der Waals surface area contributed by atoms with Gasteiger partial charge < -0.3 is 15.8 Å². The van der Waals surface area contributed by atoms with Gasteiger partial charge in [0.25, 0.3) is 0 Å². The molecule has 1 heterocycles. The molecule has 1 atom stereocenters. The van der Waals surface area contributed by atoms with Crippen LogP contribution in [0.15, 0.2) is 18.5 Å². The van der Waals surface area contributed by atoms with Gasteiger partial charge in [0, 0.05) is 24.4 Å². The molecule has 0 bridgehead atoms. The highest BCUT2D eigenvalue weighted by molar-refractivity contribution is 7.80. The van der Waals surface area contributed by atoms with Crippen LogP contribution >= 0.6 is 12.2 Å². The van der Waals surface area contributed by atoms with Gasteiger partial charge in [-0.15, -0.1) is 0 Å². The van der Waals surface area contributed by atoms with Crippen LogP contribution in [0.1, 0.15) is 19.4 Å². The first-order chi connectivity index (χ1) is 7.65. The Morgan fingerprint density at radius 2 is 2.44 bits per heavy atom. The summed E-state index contributed by atoms with van der Waals surface area (Å²) >= 11 is 4.97. The van der Waals surface area contributed by atoms with Crippen molar-refractivity contribution in [3.05, 3.63) is 24.0 Å². The Kier molecular flexibility index (Phi) is 5.14. The van der Waals surface area contributed by atoms with Gasteiger partial charge in [-0.1, -0.05) is 12.2 Å². The molecule has 0 spiro atoms. The second-order valence-corrected chi connectivity index (χ2v) is 3.93. The summed E-state index contributed by atoms with van der Waals surface area (Å²) in [5.74, 6) is 0. The normalized spacial score (nSPS) is 12.1. The Hall–Kier alpha value is -1.20. The van der Waals surface area contributed by atoms with Crippen LogP contribution in [0.4, 0.5) is 5.69 Å². The molecular weight excluding hydrogens is 222 g/mol. The minimum absolute atomic E-state index is 0.192. The minimum Gasteiger partial charge on any atom is -0.389 e. The monoisotopic (exact) mass is 239 g/mol. The van der Waals surface area contributed by atoms with E-state index in [9.17, 15) is 0 Å². The average molecular weight is 239 g/mol. The number of hydrogen-bond donors (Lipinski definition) is 2. The maximum atomic E-state index is 5.62. The van der Waals surface area contributed by atoms with Gasteiger partial charge in [-0.3, -0.25) is 4.98 Å². The number of rotatable bonds is 6. The van der Waals surface area contributed by atoms with Gasteiger partial charge in [0.15, 0.2) is 0 Å². The second kappa shape index (κ2) is 6.40. The fraction of sp³-hybridized carbons (Fsp3) is 0.455. The first-order valence-electron chi connectivity index (χ1n) is 5.23. The molecule has 3 N–H and O–H groups in total. The quantitative estimate of drug-likeness (QED) is 0.738. The zero-order valence-corrected chi connectivity index (χ0v) is 10.4. The van der Waals surface area contributed by atoms with E-state index in [1.165, 1.54) is 0 Å². The molecule has 88 valence electrons. The van der Waals surface area contributed by atoms with Crippen LogP contribution in [0, 0.1) is 0 Å². The first kappa shape index (κ1) is 12.9. The van der Waals surface area contributed by atoms with Crippen LogP contribution < -0.4 is 11.1 Å². The van der Waals surface area contributed by atoms with Crippen molar-refractivity contribution in [2.75, 3.05) is 18.5 Å². The molecule has 1 unspecified atom stereocenters. The zero-order valence-electron chi connectivity index (χ0n) is 9.56. The molecule has 0 aromatic carbocycles. The third-order valence-electron chi connectivity index (χ3n) is 2.06. The summed E-state index contributed by atoms with van der Waals surface area (Å²) in [7, 11) is 0. The molecule has 0 radical (unpaired) electrons. The zero-order chi connectivity index (χ0) is 12.0. The Labute approximate surface area is 101 Å². The van der Waals surface area contributed by atoms with Crippen molar-refractivity contribution in [3.63, 3.8) is 0 Å². The second-order valence-electron chi connectivity index (χ2n) is 3.49. The van der Waals surface area contributed by atoms with Crippen molar-refractivity contribution in [1.29, 1.82) is 0 Å². The van der Waals surface area contributed by atoms with Crippen molar-refractivity contribution in [3.8, 4) is 0 Å². The van der Waals surface area contributed by atoms with Crippen LogP contribution in [0.2, 0.25) is 0 Å². The number of hydrogen-bond acceptors (Lipinski definition) is 4. The Morgan fingerprint density at radius 1 is 1.69 bits per heavy atom. The molecule has 16 heavy (non-hydrogen) atoms. The molecule has 1 aromatic rings. The van der Waals surface area contributed by atoms with E-state index in [1.54, 1.807) is 18.5 Å². The SMILES string of the molecule is CCOCC(C)Nc1cnccc1C(N)=S. The number of pyridine rings is 1. The molecular formula is C11H17N3OS. The number of aromatic nitrogens is 1. The average Bonchev–Trinajstić information content (AvgIpc) is 2.27.